The maximum Gasteiger partial charge on any atom is 0.0537 e. The Balaban J connectivity index is 2.15. The third-order valence-corrected chi connectivity index (χ3v) is 3.40. The minimum Gasteiger partial charge on any atom is -0.312 e. The van der Waals surface area contributed by atoms with Crippen molar-refractivity contribution in [2.45, 2.75) is 39.8 Å². The summed E-state index contributed by atoms with van der Waals surface area (Å²) in [5, 5.41) is 7.71. The highest BCUT2D eigenvalue weighted by molar-refractivity contribution is 5.15. The number of rotatable bonds is 7. The van der Waals surface area contributed by atoms with Crippen LogP contribution in [0.1, 0.15) is 31.5 Å². The molecule has 0 saturated heterocycles. The van der Waals surface area contributed by atoms with Gasteiger partial charge in [0.05, 0.1) is 6.20 Å². The molecule has 0 bridgehead atoms. The van der Waals surface area contributed by atoms with Gasteiger partial charge in [0.2, 0.25) is 0 Å². The summed E-state index contributed by atoms with van der Waals surface area (Å²) in [5.74, 6) is 0. The van der Waals surface area contributed by atoms with Crippen molar-refractivity contribution in [3.05, 3.63) is 17.5 Å². The second kappa shape index (κ2) is 6.77. The van der Waals surface area contributed by atoms with Crippen LogP contribution in [0.15, 0.2) is 6.20 Å². The molecule has 1 heterocycles. The molecule has 0 aliphatic rings. The van der Waals surface area contributed by atoms with Gasteiger partial charge in [0, 0.05) is 30.9 Å². The van der Waals surface area contributed by atoms with Crippen LogP contribution in [0.4, 0.5) is 0 Å². The molecule has 0 aliphatic heterocycles. The van der Waals surface area contributed by atoms with Gasteiger partial charge in [-0.1, -0.05) is 0 Å². The van der Waals surface area contributed by atoms with E-state index >= 15 is 0 Å². The summed E-state index contributed by atoms with van der Waals surface area (Å²) in [6, 6.07) is 0.635. The maximum absolute atomic E-state index is 4.23. The molecule has 1 aromatic heterocycles. The zero-order valence-electron chi connectivity index (χ0n) is 11.8. The van der Waals surface area contributed by atoms with Gasteiger partial charge in [-0.3, -0.25) is 4.68 Å². The molecule has 17 heavy (non-hydrogen) atoms. The monoisotopic (exact) mass is 238 g/mol. The Bertz CT molecular complexity index is 330. The van der Waals surface area contributed by atoms with Crippen molar-refractivity contribution in [2.24, 2.45) is 7.05 Å². The molecule has 0 unspecified atom stereocenters. The van der Waals surface area contributed by atoms with Crippen LogP contribution in [-0.2, 0) is 13.6 Å². The van der Waals surface area contributed by atoms with Gasteiger partial charge in [0.1, 0.15) is 0 Å². The van der Waals surface area contributed by atoms with Crippen molar-refractivity contribution in [1.82, 2.24) is 20.0 Å². The molecule has 0 aliphatic carbocycles. The Morgan fingerprint density at radius 1 is 1.47 bits per heavy atom. The Labute approximate surface area is 105 Å². The predicted molar refractivity (Wildman–Crippen MR) is 72.0 cm³/mol. The van der Waals surface area contributed by atoms with E-state index in [-0.39, 0.29) is 0 Å². The number of hydrogen-bond acceptors (Lipinski definition) is 3. The molecule has 0 radical (unpaired) electrons. The van der Waals surface area contributed by atoms with Crippen molar-refractivity contribution in [1.29, 1.82) is 0 Å². The molecular formula is C13H26N4. The van der Waals surface area contributed by atoms with Gasteiger partial charge in [-0.05, 0) is 47.3 Å². The van der Waals surface area contributed by atoms with Crippen LogP contribution in [0.2, 0.25) is 0 Å². The average molecular weight is 238 g/mol. The first kappa shape index (κ1) is 14.2. The number of hydrogen-bond donors (Lipinski definition) is 1. The topological polar surface area (TPSA) is 33.1 Å². The Kier molecular flexibility index (Phi) is 5.65. The van der Waals surface area contributed by atoms with E-state index in [1.54, 1.807) is 0 Å². The lowest BCUT2D eigenvalue weighted by Crippen LogP contribution is -2.29. The van der Waals surface area contributed by atoms with Crippen molar-refractivity contribution < 1.29 is 0 Å². The summed E-state index contributed by atoms with van der Waals surface area (Å²) in [7, 11) is 4.16. The van der Waals surface area contributed by atoms with Crippen LogP contribution in [0, 0.1) is 6.92 Å². The largest absolute Gasteiger partial charge is 0.312 e. The number of aryl methyl sites for hydroxylation is 1. The molecule has 1 aromatic rings. The third kappa shape index (κ3) is 4.48. The number of aromatic nitrogens is 2. The van der Waals surface area contributed by atoms with Gasteiger partial charge in [-0.15, -0.1) is 0 Å². The molecule has 0 spiro atoms. The second-order valence-electron chi connectivity index (χ2n) is 4.98. The highest BCUT2D eigenvalue weighted by atomic mass is 15.3. The molecular weight excluding hydrogens is 212 g/mol. The lowest BCUT2D eigenvalue weighted by Gasteiger charge is -2.20. The van der Waals surface area contributed by atoms with Crippen LogP contribution < -0.4 is 5.32 Å². The quantitative estimate of drug-likeness (QED) is 0.732. The van der Waals surface area contributed by atoms with Crippen LogP contribution >= 0.6 is 0 Å². The fourth-order valence-corrected chi connectivity index (χ4v) is 1.65. The lowest BCUT2D eigenvalue weighted by atomic mass is 10.2. The summed E-state index contributed by atoms with van der Waals surface area (Å²) in [6.07, 6.45) is 3.14. The molecule has 4 heteroatoms. The van der Waals surface area contributed by atoms with E-state index in [0.29, 0.717) is 6.04 Å². The minimum atomic E-state index is 0.635. The Morgan fingerprint density at radius 2 is 2.18 bits per heavy atom. The van der Waals surface area contributed by atoms with E-state index in [2.05, 4.69) is 43.1 Å². The van der Waals surface area contributed by atoms with Crippen LogP contribution in [0.3, 0.4) is 0 Å². The van der Waals surface area contributed by atoms with Gasteiger partial charge in [0.15, 0.2) is 0 Å². The van der Waals surface area contributed by atoms with E-state index in [1.165, 1.54) is 17.7 Å². The zero-order valence-corrected chi connectivity index (χ0v) is 11.8. The summed E-state index contributed by atoms with van der Waals surface area (Å²) in [6.45, 7) is 9.70. The summed E-state index contributed by atoms with van der Waals surface area (Å²) in [5.41, 5.74) is 2.54. The number of nitrogens with one attached hydrogen (secondary N) is 1. The van der Waals surface area contributed by atoms with Crippen molar-refractivity contribution in [3.8, 4) is 0 Å². The second-order valence-corrected chi connectivity index (χ2v) is 4.98. The molecule has 4 nitrogen and oxygen atoms in total. The fourth-order valence-electron chi connectivity index (χ4n) is 1.65. The van der Waals surface area contributed by atoms with Crippen LogP contribution in [0.5, 0.6) is 0 Å². The first-order valence-electron chi connectivity index (χ1n) is 6.40. The zero-order chi connectivity index (χ0) is 12.8. The van der Waals surface area contributed by atoms with E-state index in [9.17, 15) is 0 Å². The molecule has 0 atom stereocenters. The summed E-state index contributed by atoms with van der Waals surface area (Å²) >= 11 is 0. The van der Waals surface area contributed by atoms with E-state index in [0.717, 1.165) is 19.6 Å². The average Bonchev–Trinajstić information content (AvgIpc) is 2.59. The molecule has 0 fully saturated rings. The van der Waals surface area contributed by atoms with Crippen LogP contribution in [0.25, 0.3) is 0 Å². The molecule has 0 aromatic carbocycles. The van der Waals surface area contributed by atoms with Gasteiger partial charge in [0.25, 0.3) is 0 Å². The minimum absolute atomic E-state index is 0.635. The first-order chi connectivity index (χ1) is 8.02. The summed E-state index contributed by atoms with van der Waals surface area (Å²) in [4.78, 5) is 2.37. The van der Waals surface area contributed by atoms with Gasteiger partial charge >= 0.3 is 0 Å². The normalized spacial score (nSPS) is 11.7. The van der Waals surface area contributed by atoms with Crippen molar-refractivity contribution in [3.63, 3.8) is 0 Å². The predicted octanol–water partition coefficient (Wildman–Crippen LogP) is 1.55. The molecule has 0 saturated carbocycles. The number of nitrogens with zero attached hydrogens (tertiary/aromatic N) is 3. The summed E-state index contributed by atoms with van der Waals surface area (Å²) < 4.78 is 1.92. The van der Waals surface area contributed by atoms with Gasteiger partial charge in [-0.2, -0.15) is 5.10 Å². The van der Waals surface area contributed by atoms with Crippen LogP contribution in [-0.4, -0.2) is 40.9 Å². The molecule has 1 rings (SSSR count). The van der Waals surface area contributed by atoms with E-state index < -0.39 is 0 Å². The lowest BCUT2D eigenvalue weighted by molar-refractivity contribution is 0.269. The highest BCUT2D eigenvalue weighted by Gasteiger charge is 2.04. The SMILES string of the molecule is Cc1c(CNCCCN(C)C(C)C)cnn1C. The fraction of sp³-hybridized carbons (Fsp3) is 0.769. The smallest absolute Gasteiger partial charge is 0.0537 e. The maximum atomic E-state index is 4.23. The van der Waals surface area contributed by atoms with Gasteiger partial charge < -0.3 is 10.2 Å². The standard InChI is InChI=1S/C13H26N4/c1-11(2)16(4)8-6-7-14-9-13-10-15-17(5)12(13)3/h10-11,14H,6-9H2,1-5H3. The highest BCUT2D eigenvalue weighted by Crippen LogP contribution is 2.04. The molecule has 0 amide bonds. The van der Waals surface area contributed by atoms with Gasteiger partial charge in [-0.25, -0.2) is 0 Å². The van der Waals surface area contributed by atoms with Crippen molar-refractivity contribution >= 4 is 0 Å². The molecule has 1 N–H and O–H groups in total. The third-order valence-electron chi connectivity index (χ3n) is 3.40. The first-order valence-corrected chi connectivity index (χ1v) is 6.40. The van der Waals surface area contributed by atoms with E-state index in [4.69, 9.17) is 0 Å². The van der Waals surface area contributed by atoms with E-state index in [1.807, 2.05) is 17.9 Å². The Morgan fingerprint density at radius 3 is 2.71 bits per heavy atom. The van der Waals surface area contributed by atoms with Crippen molar-refractivity contribution in [2.75, 3.05) is 20.1 Å². The Hall–Kier alpha value is -0.870. The molecule has 98 valence electrons.